The monoisotopic (exact) mass is 412 g/mol. The summed E-state index contributed by atoms with van der Waals surface area (Å²) < 4.78 is 27.0. The molecule has 0 saturated heterocycles. The lowest BCUT2D eigenvalue weighted by Gasteiger charge is -2.15. The number of hydrogen-bond donors (Lipinski definition) is 0. The summed E-state index contributed by atoms with van der Waals surface area (Å²) in [7, 11) is 3.10. The van der Waals surface area contributed by atoms with Crippen LogP contribution in [0.2, 0.25) is 10.0 Å². The van der Waals surface area contributed by atoms with E-state index >= 15 is 0 Å². The minimum absolute atomic E-state index is 0.135. The molecule has 0 radical (unpaired) electrons. The van der Waals surface area contributed by atoms with Gasteiger partial charge in [0.15, 0.2) is 11.5 Å². The van der Waals surface area contributed by atoms with Gasteiger partial charge in [-0.05, 0) is 37.1 Å². The second-order valence-corrected chi connectivity index (χ2v) is 6.54. The zero-order valence-corrected chi connectivity index (χ0v) is 16.4. The Morgan fingerprint density at radius 1 is 1.11 bits per heavy atom. The van der Waals surface area contributed by atoms with Gasteiger partial charge in [-0.1, -0.05) is 23.2 Å². The van der Waals surface area contributed by atoms with Gasteiger partial charge in [-0.15, -0.1) is 0 Å². The maximum atomic E-state index is 12.2. The van der Waals surface area contributed by atoms with E-state index < -0.39 is 5.97 Å². The minimum atomic E-state index is -0.516. The van der Waals surface area contributed by atoms with Gasteiger partial charge in [-0.2, -0.15) is 0 Å². The van der Waals surface area contributed by atoms with Crippen molar-refractivity contribution in [1.82, 2.24) is 0 Å². The Balaban J connectivity index is 1.64. The zero-order chi connectivity index (χ0) is 19.4. The van der Waals surface area contributed by atoms with Crippen LogP contribution in [0, 0.1) is 0 Å². The summed E-state index contributed by atoms with van der Waals surface area (Å²) in [5.41, 5.74) is 1.11. The Labute approximate surface area is 166 Å². The van der Waals surface area contributed by atoms with Crippen LogP contribution in [-0.2, 0) is 11.2 Å². The number of fused-ring (bicyclic) bond motifs is 1. The molecule has 0 bridgehead atoms. The van der Waals surface area contributed by atoms with E-state index in [0.29, 0.717) is 45.9 Å². The van der Waals surface area contributed by atoms with Gasteiger partial charge in [0.05, 0.1) is 31.4 Å². The molecule has 0 aliphatic carbocycles. The van der Waals surface area contributed by atoms with Crippen LogP contribution in [0.25, 0.3) is 0 Å². The number of benzene rings is 2. The molecule has 27 heavy (non-hydrogen) atoms. The van der Waals surface area contributed by atoms with Crippen molar-refractivity contribution in [3.63, 3.8) is 0 Å². The number of methoxy groups -OCH3 is 2. The van der Waals surface area contributed by atoms with Crippen LogP contribution in [0.4, 0.5) is 0 Å². The highest BCUT2D eigenvalue weighted by Crippen LogP contribution is 2.49. The molecule has 0 saturated carbocycles. The quantitative estimate of drug-likeness (QED) is 0.491. The molecule has 6 nitrogen and oxygen atoms in total. The summed E-state index contributed by atoms with van der Waals surface area (Å²) in [6, 6.07) is 6.50. The second-order valence-electron chi connectivity index (χ2n) is 5.70. The average molecular weight is 413 g/mol. The van der Waals surface area contributed by atoms with Crippen LogP contribution in [0.1, 0.15) is 22.3 Å². The topological polar surface area (TPSA) is 63.2 Å². The molecule has 0 atom stereocenters. The fourth-order valence-corrected chi connectivity index (χ4v) is 3.17. The lowest BCUT2D eigenvalue weighted by molar-refractivity contribution is 0.0500. The van der Waals surface area contributed by atoms with Crippen molar-refractivity contribution < 1.29 is 28.5 Å². The van der Waals surface area contributed by atoms with E-state index in [1.165, 1.54) is 6.07 Å². The lowest BCUT2D eigenvalue weighted by Crippen LogP contribution is -2.08. The van der Waals surface area contributed by atoms with Crippen molar-refractivity contribution in [3.05, 3.63) is 45.4 Å². The number of rotatable bonds is 7. The highest BCUT2D eigenvalue weighted by Gasteiger charge is 2.26. The normalized spacial score (nSPS) is 12.0. The van der Waals surface area contributed by atoms with E-state index in [9.17, 15) is 4.79 Å². The molecule has 0 unspecified atom stereocenters. The Bertz CT molecular complexity index is 853. The van der Waals surface area contributed by atoms with Crippen LogP contribution in [-0.4, -0.2) is 33.6 Å². The number of aryl methyl sites for hydroxylation is 1. The van der Waals surface area contributed by atoms with Crippen LogP contribution < -0.4 is 18.9 Å². The van der Waals surface area contributed by atoms with E-state index in [2.05, 4.69) is 0 Å². The first-order valence-corrected chi connectivity index (χ1v) is 8.96. The molecule has 2 aromatic rings. The summed E-state index contributed by atoms with van der Waals surface area (Å²) in [6.45, 7) is 0.345. The maximum absolute atomic E-state index is 12.2. The third kappa shape index (κ3) is 4.17. The largest absolute Gasteiger partial charge is 0.492 e. The Morgan fingerprint density at radius 2 is 1.89 bits per heavy atom. The summed E-state index contributed by atoms with van der Waals surface area (Å²) in [5.74, 6) is 1.68. The van der Waals surface area contributed by atoms with Gasteiger partial charge in [0.25, 0.3) is 0 Å². The number of ether oxygens (including phenoxy) is 5. The van der Waals surface area contributed by atoms with Crippen molar-refractivity contribution in [1.29, 1.82) is 0 Å². The molecule has 144 valence electrons. The molecule has 0 amide bonds. The molecule has 0 aromatic heterocycles. The van der Waals surface area contributed by atoms with E-state index in [-0.39, 0.29) is 19.0 Å². The van der Waals surface area contributed by atoms with Gasteiger partial charge in [-0.3, -0.25) is 0 Å². The summed E-state index contributed by atoms with van der Waals surface area (Å²) in [6.07, 6.45) is 1.16. The first kappa shape index (κ1) is 19.5. The molecular formula is C19H18Cl2O6. The fraction of sp³-hybridized carbons (Fsp3) is 0.316. The maximum Gasteiger partial charge on any atom is 0.339 e. The molecule has 3 rings (SSSR count). The number of hydrogen-bond acceptors (Lipinski definition) is 6. The van der Waals surface area contributed by atoms with Gasteiger partial charge in [0.2, 0.25) is 18.3 Å². The standard InChI is InChI=1S/C19H18Cl2O6/c1-23-16-11(8-15-17(18(16)24-2)27-10-26-15)4-3-7-25-19(22)13-9-12(20)5-6-14(13)21/h5-6,8-9H,3-4,7,10H2,1-2H3. The molecule has 8 heteroatoms. The van der Waals surface area contributed by atoms with Crippen LogP contribution in [0.3, 0.4) is 0 Å². The smallest absolute Gasteiger partial charge is 0.339 e. The minimum Gasteiger partial charge on any atom is -0.492 e. The molecule has 0 N–H and O–H groups in total. The molecule has 1 aliphatic heterocycles. The first-order valence-electron chi connectivity index (χ1n) is 8.20. The highest BCUT2D eigenvalue weighted by atomic mass is 35.5. The summed E-state index contributed by atoms with van der Waals surface area (Å²) in [5, 5.41) is 0.718. The third-order valence-electron chi connectivity index (χ3n) is 4.03. The van der Waals surface area contributed by atoms with Gasteiger partial charge < -0.3 is 23.7 Å². The average Bonchev–Trinajstić information content (AvgIpc) is 3.13. The van der Waals surface area contributed by atoms with E-state index in [4.69, 9.17) is 46.9 Å². The molecule has 0 spiro atoms. The van der Waals surface area contributed by atoms with Crippen molar-refractivity contribution in [2.45, 2.75) is 12.8 Å². The van der Waals surface area contributed by atoms with Crippen molar-refractivity contribution in [3.8, 4) is 23.0 Å². The molecule has 1 heterocycles. The van der Waals surface area contributed by atoms with E-state index in [0.717, 1.165) is 5.56 Å². The third-order valence-corrected chi connectivity index (χ3v) is 4.60. The van der Waals surface area contributed by atoms with Crippen molar-refractivity contribution in [2.24, 2.45) is 0 Å². The second kappa shape index (κ2) is 8.59. The van der Waals surface area contributed by atoms with Gasteiger partial charge in [0, 0.05) is 10.6 Å². The molecule has 0 fully saturated rings. The zero-order valence-electron chi connectivity index (χ0n) is 14.8. The van der Waals surface area contributed by atoms with Crippen LogP contribution in [0.5, 0.6) is 23.0 Å². The molecular weight excluding hydrogens is 395 g/mol. The highest BCUT2D eigenvalue weighted by molar-refractivity contribution is 6.35. The van der Waals surface area contributed by atoms with Crippen LogP contribution in [0.15, 0.2) is 24.3 Å². The van der Waals surface area contributed by atoms with Crippen molar-refractivity contribution >= 4 is 29.2 Å². The predicted octanol–water partition coefficient (Wildman–Crippen LogP) is 4.53. The van der Waals surface area contributed by atoms with Crippen LogP contribution >= 0.6 is 23.2 Å². The summed E-state index contributed by atoms with van der Waals surface area (Å²) >= 11 is 11.9. The van der Waals surface area contributed by atoms with Gasteiger partial charge in [-0.25, -0.2) is 4.79 Å². The number of esters is 1. The Hall–Kier alpha value is -2.31. The van der Waals surface area contributed by atoms with Crippen molar-refractivity contribution in [2.75, 3.05) is 27.6 Å². The number of carbonyl (C=O) groups is 1. The summed E-state index contributed by atoms with van der Waals surface area (Å²) in [4.78, 5) is 12.2. The van der Waals surface area contributed by atoms with E-state index in [1.807, 2.05) is 6.07 Å². The number of carbonyl (C=O) groups excluding carboxylic acids is 1. The van der Waals surface area contributed by atoms with Gasteiger partial charge in [0.1, 0.15) is 0 Å². The predicted molar refractivity (Wildman–Crippen MR) is 101 cm³/mol. The molecule has 1 aliphatic rings. The first-order chi connectivity index (χ1) is 13.0. The van der Waals surface area contributed by atoms with Gasteiger partial charge >= 0.3 is 5.97 Å². The Morgan fingerprint density at radius 3 is 2.63 bits per heavy atom. The van der Waals surface area contributed by atoms with E-state index in [1.54, 1.807) is 26.4 Å². The Kier molecular flexibility index (Phi) is 6.19. The SMILES string of the molecule is COc1c(CCCOC(=O)c2cc(Cl)ccc2Cl)cc2c(c1OC)OCO2. The fourth-order valence-electron chi connectivity index (χ4n) is 2.80. The molecule has 2 aromatic carbocycles. The lowest BCUT2D eigenvalue weighted by atomic mass is 10.1. The number of halogens is 2.